The molecule has 0 bridgehead atoms. The van der Waals surface area contributed by atoms with Crippen LogP contribution < -0.4 is 10.1 Å². The quantitative estimate of drug-likeness (QED) is 0.739. The highest BCUT2D eigenvalue weighted by Gasteiger charge is 2.20. The molecule has 0 aliphatic heterocycles. The second-order valence-electron chi connectivity index (χ2n) is 6.78. The summed E-state index contributed by atoms with van der Waals surface area (Å²) in [5.74, 6) is 1.96. The minimum Gasteiger partial charge on any atom is -0.491 e. The van der Waals surface area contributed by atoms with E-state index in [0.29, 0.717) is 25.0 Å². The van der Waals surface area contributed by atoms with Crippen LogP contribution >= 0.6 is 0 Å². The predicted molar refractivity (Wildman–Crippen MR) is 89.1 cm³/mol. The van der Waals surface area contributed by atoms with Gasteiger partial charge >= 0.3 is 0 Å². The molecule has 0 aliphatic rings. The standard InChI is InChI=1S/C18H31NO2/c1-14(13-19-18(3,4)5)15(2)16-9-7-8-10-17(16)21-12-11-20-6/h7-10,14-15,19H,11-13H2,1-6H3. The second kappa shape index (κ2) is 8.40. The Bertz CT molecular complexity index is 412. The van der Waals surface area contributed by atoms with Gasteiger partial charge in [-0.1, -0.05) is 32.0 Å². The number of benzene rings is 1. The van der Waals surface area contributed by atoms with E-state index in [4.69, 9.17) is 9.47 Å². The van der Waals surface area contributed by atoms with E-state index in [2.05, 4.69) is 52.1 Å². The molecule has 2 atom stereocenters. The molecule has 0 saturated heterocycles. The van der Waals surface area contributed by atoms with Crippen molar-refractivity contribution >= 4 is 0 Å². The first kappa shape index (κ1) is 18.0. The average molecular weight is 293 g/mol. The lowest BCUT2D eigenvalue weighted by Crippen LogP contribution is -2.39. The largest absolute Gasteiger partial charge is 0.491 e. The monoisotopic (exact) mass is 293 g/mol. The third-order valence-corrected chi connectivity index (χ3v) is 3.76. The lowest BCUT2D eigenvalue weighted by molar-refractivity contribution is 0.145. The van der Waals surface area contributed by atoms with Crippen molar-refractivity contribution in [2.45, 2.75) is 46.1 Å². The molecule has 1 N–H and O–H groups in total. The summed E-state index contributed by atoms with van der Waals surface area (Å²) in [5, 5.41) is 3.58. The fourth-order valence-corrected chi connectivity index (χ4v) is 2.17. The van der Waals surface area contributed by atoms with Gasteiger partial charge in [0.05, 0.1) is 6.61 Å². The van der Waals surface area contributed by atoms with E-state index >= 15 is 0 Å². The van der Waals surface area contributed by atoms with Crippen molar-refractivity contribution < 1.29 is 9.47 Å². The third-order valence-electron chi connectivity index (χ3n) is 3.76. The third kappa shape index (κ3) is 6.49. The van der Waals surface area contributed by atoms with E-state index in [0.717, 1.165) is 12.3 Å². The zero-order chi connectivity index (χ0) is 15.9. The van der Waals surface area contributed by atoms with Gasteiger partial charge < -0.3 is 14.8 Å². The van der Waals surface area contributed by atoms with Crippen LogP contribution in [0.15, 0.2) is 24.3 Å². The molecule has 1 rings (SSSR count). The Morgan fingerprint density at radius 1 is 1.10 bits per heavy atom. The van der Waals surface area contributed by atoms with E-state index in [9.17, 15) is 0 Å². The Labute approximate surface area is 130 Å². The first-order valence-electron chi connectivity index (χ1n) is 7.81. The minimum absolute atomic E-state index is 0.155. The van der Waals surface area contributed by atoms with Gasteiger partial charge in [0.1, 0.15) is 12.4 Å². The highest BCUT2D eigenvalue weighted by Crippen LogP contribution is 2.31. The molecule has 0 fully saturated rings. The maximum absolute atomic E-state index is 5.85. The molecule has 120 valence electrons. The Morgan fingerprint density at radius 2 is 1.76 bits per heavy atom. The molecular formula is C18H31NO2. The molecule has 3 nitrogen and oxygen atoms in total. The smallest absolute Gasteiger partial charge is 0.122 e. The van der Waals surface area contributed by atoms with Crippen molar-refractivity contribution in [2.75, 3.05) is 26.9 Å². The van der Waals surface area contributed by atoms with E-state index in [1.54, 1.807) is 7.11 Å². The molecular weight excluding hydrogens is 262 g/mol. The molecule has 1 aromatic carbocycles. The number of hydrogen-bond donors (Lipinski definition) is 1. The van der Waals surface area contributed by atoms with Crippen LogP contribution in [0.3, 0.4) is 0 Å². The van der Waals surface area contributed by atoms with Crippen LogP contribution in [0.5, 0.6) is 5.75 Å². The zero-order valence-corrected chi connectivity index (χ0v) is 14.4. The van der Waals surface area contributed by atoms with Gasteiger partial charge in [0, 0.05) is 12.6 Å². The lowest BCUT2D eigenvalue weighted by Gasteiger charge is -2.27. The molecule has 0 spiro atoms. The molecule has 0 aromatic heterocycles. The van der Waals surface area contributed by atoms with Crippen LogP contribution in [-0.2, 0) is 4.74 Å². The number of methoxy groups -OCH3 is 1. The Morgan fingerprint density at radius 3 is 2.38 bits per heavy atom. The van der Waals surface area contributed by atoms with Gasteiger partial charge in [-0.3, -0.25) is 0 Å². The van der Waals surface area contributed by atoms with Crippen molar-refractivity contribution in [3.63, 3.8) is 0 Å². The first-order valence-corrected chi connectivity index (χ1v) is 7.81. The highest BCUT2D eigenvalue weighted by molar-refractivity contribution is 5.36. The summed E-state index contributed by atoms with van der Waals surface area (Å²) in [6, 6.07) is 8.32. The van der Waals surface area contributed by atoms with Gasteiger partial charge in [-0.2, -0.15) is 0 Å². The molecule has 21 heavy (non-hydrogen) atoms. The number of nitrogens with one attached hydrogen (secondary N) is 1. The van der Waals surface area contributed by atoms with Gasteiger partial charge in [-0.25, -0.2) is 0 Å². The topological polar surface area (TPSA) is 30.5 Å². The number of para-hydroxylation sites is 1. The van der Waals surface area contributed by atoms with E-state index in [1.807, 2.05) is 12.1 Å². The SMILES string of the molecule is COCCOc1ccccc1C(C)C(C)CNC(C)(C)C. The summed E-state index contributed by atoms with van der Waals surface area (Å²) in [6.07, 6.45) is 0. The van der Waals surface area contributed by atoms with Crippen LogP contribution in [0.25, 0.3) is 0 Å². The average Bonchev–Trinajstić information content (AvgIpc) is 2.44. The van der Waals surface area contributed by atoms with Gasteiger partial charge in [0.25, 0.3) is 0 Å². The molecule has 3 heteroatoms. The first-order chi connectivity index (χ1) is 9.85. The summed E-state index contributed by atoms with van der Waals surface area (Å²) in [5.41, 5.74) is 1.43. The fourth-order valence-electron chi connectivity index (χ4n) is 2.17. The minimum atomic E-state index is 0.155. The number of rotatable bonds is 8. The van der Waals surface area contributed by atoms with Crippen molar-refractivity contribution in [3.8, 4) is 5.75 Å². The van der Waals surface area contributed by atoms with Gasteiger partial charge in [0.15, 0.2) is 0 Å². The molecule has 0 heterocycles. The summed E-state index contributed by atoms with van der Waals surface area (Å²) in [4.78, 5) is 0. The lowest BCUT2D eigenvalue weighted by atomic mass is 9.87. The van der Waals surface area contributed by atoms with Crippen molar-refractivity contribution in [1.29, 1.82) is 0 Å². The summed E-state index contributed by atoms with van der Waals surface area (Å²) in [6.45, 7) is 13.4. The van der Waals surface area contributed by atoms with Crippen LogP contribution in [0.2, 0.25) is 0 Å². The Balaban J connectivity index is 2.69. The molecule has 0 amide bonds. The zero-order valence-electron chi connectivity index (χ0n) is 14.4. The van der Waals surface area contributed by atoms with Gasteiger partial charge in [0.2, 0.25) is 0 Å². The Hall–Kier alpha value is -1.06. The maximum atomic E-state index is 5.85. The maximum Gasteiger partial charge on any atom is 0.122 e. The fraction of sp³-hybridized carbons (Fsp3) is 0.667. The molecule has 0 saturated carbocycles. The van der Waals surface area contributed by atoms with E-state index < -0.39 is 0 Å². The van der Waals surface area contributed by atoms with Crippen LogP contribution in [0, 0.1) is 5.92 Å². The highest BCUT2D eigenvalue weighted by atomic mass is 16.5. The second-order valence-corrected chi connectivity index (χ2v) is 6.78. The predicted octanol–water partition coefficient (Wildman–Crippen LogP) is 3.84. The summed E-state index contributed by atoms with van der Waals surface area (Å²) >= 11 is 0. The van der Waals surface area contributed by atoms with Crippen molar-refractivity contribution in [1.82, 2.24) is 5.32 Å². The van der Waals surface area contributed by atoms with E-state index in [1.165, 1.54) is 5.56 Å². The van der Waals surface area contributed by atoms with E-state index in [-0.39, 0.29) is 5.54 Å². The number of hydrogen-bond acceptors (Lipinski definition) is 3. The number of ether oxygens (including phenoxy) is 2. The van der Waals surface area contributed by atoms with Crippen molar-refractivity contribution in [2.24, 2.45) is 5.92 Å². The van der Waals surface area contributed by atoms with Gasteiger partial charge in [-0.05, 0) is 50.8 Å². The normalized spacial score (nSPS) is 14.8. The van der Waals surface area contributed by atoms with Crippen LogP contribution in [0.4, 0.5) is 0 Å². The molecule has 0 aliphatic carbocycles. The van der Waals surface area contributed by atoms with Gasteiger partial charge in [-0.15, -0.1) is 0 Å². The summed E-state index contributed by atoms with van der Waals surface area (Å²) in [7, 11) is 1.69. The summed E-state index contributed by atoms with van der Waals surface area (Å²) < 4.78 is 10.9. The van der Waals surface area contributed by atoms with Crippen molar-refractivity contribution in [3.05, 3.63) is 29.8 Å². The molecule has 1 aromatic rings. The Kier molecular flexibility index (Phi) is 7.20. The molecule has 0 radical (unpaired) electrons. The van der Waals surface area contributed by atoms with Crippen LogP contribution in [0.1, 0.15) is 46.1 Å². The van der Waals surface area contributed by atoms with Crippen LogP contribution in [-0.4, -0.2) is 32.4 Å². The molecule has 2 unspecified atom stereocenters.